The molecule has 0 radical (unpaired) electrons. The lowest BCUT2D eigenvalue weighted by molar-refractivity contribution is 0.194. The minimum atomic E-state index is -0.306. The van der Waals surface area contributed by atoms with Crippen molar-refractivity contribution in [3.05, 3.63) is 130 Å². The average Bonchev–Trinajstić information content (AvgIpc) is 3.52. The third-order valence-electron chi connectivity index (χ3n) is 7.05. The first-order chi connectivity index (χ1) is 18.5. The number of amides is 2. The molecule has 0 unspecified atom stereocenters. The minimum Gasteiger partial charge on any atom is -0.308 e. The number of fused-ring (bicyclic) bond motifs is 3. The summed E-state index contributed by atoms with van der Waals surface area (Å²) in [5.74, 6) is 0.965. The van der Waals surface area contributed by atoms with Gasteiger partial charge in [-0.1, -0.05) is 66.6 Å². The van der Waals surface area contributed by atoms with Crippen LogP contribution in [0.3, 0.4) is 0 Å². The Bertz CT molecular complexity index is 1590. The second-order valence-electron chi connectivity index (χ2n) is 9.53. The molecule has 0 fully saturated rings. The molecule has 38 heavy (non-hydrogen) atoms. The fraction of sp³-hybridized carbons (Fsp3) is 0.161. The van der Waals surface area contributed by atoms with Crippen LogP contribution in [0, 0.1) is 6.92 Å². The van der Waals surface area contributed by atoms with Gasteiger partial charge in [-0.25, -0.2) is 9.48 Å². The van der Waals surface area contributed by atoms with Crippen LogP contribution in [0.4, 0.5) is 10.5 Å². The number of carbonyl (C=O) groups excluding carboxylic acids is 1. The Labute approximate surface area is 227 Å². The van der Waals surface area contributed by atoms with Gasteiger partial charge in [0.2, 0.25) is 0 Å². The SMILES string of the molecule is CCc1nn(-c2ccccc2)c2c1CN(C(=O)Nc1ccc(Cl)cc1)[C@H](c1ccc(C)cc1)c1cccn1-2. The van der Waals surface area contributed by atoms with Gasteiger partial charge in [-0.2, -0.15) is 5.10 Å². The first kappa shape index (κ1) is 24.1. The number of benzene rings is 3. The number of hydrogen-bond acceptors (Lipinski definition) is 2. The summed E-state index contributed by atoms with van der Waals surface area (Å²) in [5, 5.41) is 8.74. The van der Waals surface area contributed by atoms with Crippen molar-refractivity contribution < 1.29 is 4.79 Å². The molecule has 7 heteroatoms. The van der Waals surface area contributed by atoms with E-state index in [0.717, 1.165) is 40.4 Å². The first-order valence-electron chi connectivity index (χ1n) is 12.8. The van der Waals surface area contributed by atoms with Gasteiger partial charge in [0.15, 0.2) is 0 Å². The highest BCUT2D eigenvalue weighted by molar-refractivity contribution is 6.30. The van der Waals surface area contributed by atoms with Gasteiger partial charge in [-0.05, 0) is 67.4 Å². The number of halogens is 1. The van der Waals surface area contributed by atoms with Crippen molar-refractivity contribution in [1.29, 1.82) is 0 Å². The topological polar surface area (TPSA) is 55.1 Å². The number of nitrogens with zero attached hydrogens (tertiary/aromatic N) is 4. The lowest BCUT2D eigenvalue weighted by atomic mass is 10.0. The molecule has 3 heterocycles. The Morgan fingerprint density at radius 3 is 2.42 bits per heavy atom. The van der Waals surface area contributed by atoms with E-state index in [2.05, 4.69) is 72.4 Å². The molecular formula is C31H28ClN5O. The highest BCUT2D eigenvalue weighted by Gasteiger charge is 2.36. The molecule has 2 amide bonds. The second-order valence-corrected chi connectivity index (χ2v) is 9.97. The van der Waals surface area contributed by atoms with Crippen LogP contribution < -0.4 is 5.32 Å². The second kappa shape index (κ2) is 9.88. The van der Waals surface area contributed by atoms with E-state index in [9.17, 15) is 4.79 Å². The Morgan fingerprint density at radius 2 is 1.71 bits per heavy atom. The number of anilines is 1. The summed E-state index contributed by atoms with van der Waals surface area (Å²) < 4.78 is 4.19. The van der Waals surface area contributed by atoms with E-state index in [0.29, 0.717) is 17.3 Å². The summed E-state index contributed by atoms with van der Waals surface area (Å²) >= 11 is 6.09. The molecule has 1 atom stereocenters. The maximum absolute atomic E-state index is 14.0. The van der Waals surface area contributed by atoms with Gasteiger partial charge < -0.3 is 14.8 Å². The maximum Gasteiger partial charge on any atom is 0.322 e. The number of nitrogens with one attached hydrogen (secondary N) is 1. The van der Waals surface area contributed by atoms with E-state index in [1.807, 2.05) is 46.0 Å². The van der Waals surface area contributed by atoms with Crippen molar-refractivity contribution >= 4 is 23.3 Å². The largest absolute Gasteiger partial charge is 0.322 e. The first-order valence-corrected chi connectivity index (χ1v) is 13.1. The van der Waals surface area contributed by atoms with E-state index in [-0.39, 0.29) is 12.1 Å². The predicted molar refractivity (Wildman–Crippen MR) is 151 cm³/mol. The molecule has 5 aromatic rings. The quantitative estimate of drug-likeness (QED) is 0.269. The van der Waals surface area contributed by atoms with Crippen molar-refractivity contribution in [1.82, 2.24) is 19.2 Å². The lowest BCUT2D eigenvalue weighted by Gasteiger charge is -2.31. The number of para-hydroxylation sites is 1. The highest BCUT2D eigenvalue weighted by Crippen LogP contribution is 2.39. The van der Waals surface area contributed by atoms with E-state index in [1.54, 1.807) is 12.1 Å². The molecular weight excluding hydrogens is 494 g/mol. The Hall–Kier alpha value is -4.29. The minimum absolute atomic E-state index is 0.187. The van der Waals surface area contributed by atoms with Gasteiger partial charge in [0, 0.05) is 22.5 Å². The van der Waals surface area contributed by atoms with Gasteiger partial charge in [-0.3, -0.25) is 0 Å². The normalized spacial score (nSPS) is 14.5. The van der Waals surface area contributed by atoms with E-state index < -0.39 is 0 Å². The molecule has 0 saturated carbocycles. The molecule has 0 spiro atoms. The number of rotatable bonds is 4. The van der Waals surface area contributed by atoms with Crippen LogP contribution in [0.25, 0.3) is 11.5 Å². The molecule has 3 aromatic carbocycles. The van der Waals surface area contributed by atoms with Gasteiger partial charge >= 0.3 is 6.03 Å². The summed E-state index contributed by atoms with van der Waals surface area (Å²) in [6.07, 6.45) is 2.82. The number of hydrogen-bond donors (Lipinski definition) is 1. The molecule has 0 bridgehead atoms. The summed E-state index contributed by atoms with van der Waals surface area (Å²) in [5.41, 5.74) is 6.90. The average molecular weight is 522 g/mol. The van der Waals surface area contributed by atoms with Crippen LogP contribution in [0.5, 0.6) is 0 Å². The molecule has 1 N–H and O–H groups in total. The standard InChI is InChI=1S/C31H28ClN5O/c1-3-27-26-20-36(31(38)33-24-17-15-23(32)16-18-24)29(22-13-11-21(2)12-14-22)28-10-7-19-35(28)30(26)37(34-27)25-8-5-4-6-9-25/h4-19,29H,3,20H2,1-2H3,(H,33,38)/t29-/m1/s1. The van der Waals surface area contributed by atoms with Crippen LogP contribution >= 0.6 is 11.6 Å². The van der Waals surface area contributed by atoms with Gasteiger partial charge in [0.1, 0.15) is 5.82 Å². The molecule has 1 aliphatic heterocycles. The third kappa shape index (κ3) is 4.27. The molecule has 6 rings (SSSR count). The Morgan fingerprint density at radius 1 is 0.974 bits per heavy atom. The van der Waals surface area contributed by atoms with Crippen LogP contribution in [0.1, 0.15) is 41.0 Å². The summed E-state index contributed by atoms with van der Waals surface area (Å²) in [6.45, 7) is 4.59. The van der Waals surface area contributed by atoms with Crippen LogP contribution in [-0.2, 0) is 13.0 Å². The lowest BCUT2D eigenvalue weighted by Crippen LogP contribution is -2.38. The molecule has 0 saturated heterocycles. The number of aryl methyl sites for hydroxylation is 2. The Balaban J connectivity index is 1.54. The van der Waals surface area contributed by atoms with E-state index in [4.69, 9.17) is 16.7 Å². The van der Waals surface area contributed by atoms with E-state index in [1.165, 1.54) is 5.56 Å². The van der Waals surface area contributed by atoms with Gasteiger partial charge in [0.05, 0.1) is 29.7 Å². The van der Waals surface area contributed by atoms with Gasteiger partial charge in [0.25, 0.3) is 0 Å². The monoisotopic (exact) mass is 521 g/mol. The van der Waals surface area contributed by atoms with Crippen molar-refractivity contribution in [2.75, 3.05) is 5.32 Å². The highest BCUT2D eigenvalue weighted by atomic mass is 35.5. The Kier molecular flexibility index (Phi) is 6.26. The van der Waals surface area contributed by atoms with Crippen LogP contribution in [0.2, 0.25) is 5.02 Å². The molecule has 190 valence electrons. The van der Waals surface area contributed by atoms with Crippen molar-refractivity contribution in [2.24, 2.45) is 0 Å². The number of aromatic nitrogens is 3. The fourth-order valence-electron chi connectivity index (χ4n) is 5.18. The van der Waals surface area contributed by atoms with Gasteiger partial charge in [-0.15, -0.1) is 0 Å². The van der Waals surface area contributed by atoms with Crippen LogP contribution in [0.15, 0.2) is 97.2 Å². The molecule has 6 nitrogen and oxygen atoms in total. The smallest absolute Gasteiger partial charge is 0.308 e. The summed E-state index contributed by atoms with van der Waals surface area (Å²) in [6, 6.07) is 29.4. The maximum atomic E-state index is 14.0. The zero-order valence-corrected chi connectivity index (χ0v) is 22.1. The third-order valence-corrected chi connectivity index (χ3v) is 7.31. The zero-order chi connectivity index (χ0) is 26.2. The van der Waals surface area contributed by atoms with Crippen molar-refractivity contribution in [3.63, 3.8) is 0 Å². The molecule has 2 aromatic heterocycles. The van der Waals surface area contributed by atoms with Crippen LogP contribution in [-0.4, -0.2) is 25.3 Å². The molecule has 1 aliphatic rings. The molecule has 0 aliphatic carbocycles. The zero-order valence-electron chi connectivity index (χ0n) is 21.3. The van der Waals surface area contributed by atoms with E-state index >= 15 is 0 Å². The number of urea groups is 1. The predicted octanol–water partition coefficient (Wildman–Crippen LogP) is 7.32. The van der Waals surface area contributed by atoms with Crippen molar-refractivity contribution in [3.8, 4) is 11.5 Å². The summed E-state index contributed by atoms with van der Waals surface area (Å²) in [7, 11) is 0. The summed E-state index contributed by atoms with van der Waals surface area (Å²) in [4.78, 5) is 15.9. The fourth-order valence-corrected chi connectivity index (χ4v) is 5.30. The number of carbonyl (C=O) groups is 1. The van der Waals surface area contributed by atoms with Crippen molar-refractivity contribution in [2.45, 2.75) is 32.9 Å².